The van der Waals surface area contributed by atoms with Gasteiger partial charge in [-0.1, -0.05) is 23.7 Å². The van der Waals surface area contributed by atoms with Crippen LogP contribution in [0.15, 0.2) is 62.6 Å². The van der Waals surface area contributed by atoms with E-state index in [-0.39, 0.29) is 11.1 Å². The maximum absolute atomic E-state index is 12.2. The number of hydrogen-bond acceptors (Lipinski definition) is 4. The molecule has 0 aliphatic rings. The molecule has 4 rings (SSSR count). The van der Waals surface area contributed by atoms with E-state index >= 15 is 0 Å². The van der Waals surface area contributed by atoms with Crippen molar-refractivity contribution in [2.75, 3.05) is 0 Å². The van der Waals surface area contributed by atoms with Crippen LogP contribution in [0.4, 0.5) is 0 Å². The second-order valence-electron chi connectivity index (χ2n) is 5.03. The van der Waals surface area contributed by atoms with Crippen LogP contribution in [-0.2, 0) is 5.75 Å². The summed E-state index contributed by atoms with van der Waals surface area (Å²) in [6, 6.07) is 15.1. The molecule has 4 nitrogen and oxygen atoms in total. The van der Waals surface area contributed by atoms with Gasteiger partial charge in [0.1, 0.15) is 16.9 Å². The summed E-state index contributed by atoms with van der Waals surface area (Å²) < 4.78 is 5.59. The summed E-state index contributed by atoms with van der Waals surface area (Å²) in [4.78, 5) is 20.6. The molecule has 0 unspecified atom stereocenters. The van der Waals surface area contributed by atoms with Gasteiger partial charge in [-0.3, -0.25) is 4.79 Å². The molecule has 0 saturated heterocycles. The fraction of sp³-hybridized carbons (Fsp3) is 0.0588. The molecule has 6 heteroatoms. The lowest BCUT2D eigenvalue weighted by Crippen LogP contribution is -2.10. The smallest absolute Gasteiger partial charge is 0.294 e. The molecule has 0 aliphatic carbocycles. The van der Waals surface area contributed by atoms with E-state index in [0.717, 1.165) is 10.3 Å². The number of para-hydroxylation sites is 1. The number of H-pyrrole nitrogens is 1. The van der Waals surface area contributed by atoms with E-state index in [1.807, 2.05) is 48.5 Å². The Morgan fingerprint density at radius 2 is 1.91 bits per heavy atom. The van der Waals surface area contributed by atoms with Crippen LogP contribution < -0.4 is 5.56 Å². The third-order valence-electron chi connectivity index (χ3n) is 3.47. The standard InChI is InChI=1S/C17H11ClN2O2S/c18-10-5-7-11(8-6-10)23-9-14-19-15-12-3-1-2-4-13(12)22-16(15)17(21)20-14/h1-8H,9H2,(H,19,20,21). The Morgan fingerprint density at radius 3 is 2.74 bits per heavy atom. The van der Waals surface area contributed by atoms with Gasteiger partial charge >= 0.3 is 0 Å². The highest BCUT2D eigenvalue weighted by Crippen LogP contribution is 2.26. The maximum Gasteiger partial charge on any atom is 0.294 e. The van der Waals surface area contributed by atoms with Gasteiger partial charge in [-0.25, -0.2) is 4.98 Å². The highest BCUT2D eigenvalue weighted by Gasteiger charge is 2.12. The van der Waals surface area contributed by atoms with Crippen molar-refractivity contribution in [3.8, 4) is 0 Å². The van der Waals surface area contributed by atoms with E-state index < -0.39 is 0 Å². The Morgan fingerprint density at radius 1 is 1.13 bits per heavy atom. The predicted molar refractivity (Wildman–Crippen MR) is 93.1 cm³/mol. The molecule has 0 saturated carbocycles. The summed E-state index contributed by atoms with van der Waals surface area (Å²) >= 11 is 7.46. The quantitative estimate of drug-likeness (QED) is 0.552. The lowest BCUT2D eigenvalue weighted by molar-refractivity contribution is 0.660. The molecule has 1 N–H and O–H groups in total. The number of benzene rings is 2. The number of thioether (sulfide) groups is 1. The van der Waals surface area contributed by atoms with Gasteiger partial charge in [0.25, 0.3) is 5.56 Å². The summed E-state index contributed by atoms with van der Waals surface area (Å²) in [5.74, 6) is 1.18. The fourth-order valence-electron chi connectivity index (χ4n) is 2.40. The predicted octanol–water partition coefficient (Wildman–Crippen LogP) is 4.62. The Labute approximate surface area is 140 Å². The monoisotopic (exact) mass is 342 g/mol. The topological polar surface area (TPSA) is 58.9 Å². The van der Waals surface area contributed by atoms with Gasteiger partial charge in [0, 0.05) is 15.3 Å². The summed E-state index contributed by atoms with van der Waals surface area (Å²) in [6.07, 6.45) is 0. The maximum atomic E-state index is 12.2. The number of halogens is 1. The average Bonchev–Trinajstić information content (AvgIpc) is 2.94. The Balaban J connectivity index is 1.71. The van der Waals surface area contributed by atoms with Crippen LogP contribution in [0.3, 0.4) is 0 Å². The van der Waals surface area contributed by atoms with Crippen molar-refractivity contribution in [1.29, 1.82) is 0 Å². The van der Waals surface area contributed by atoms with Crippen LogP contribution >= 0.6 is 23.4 Å². The van der Waals surface area contributed by atoms with E-state index in [2.05, 4.69) is 9.97 Å². The molecule has 0 spiro atoms. The number of furan rings is 1. The van der Waals surface area contributed by atoms with Crippen molar-refractivity contribution < 1.29 is 4.42 Å². The summed E-state index contributed by atoms with van der Waals surface area (Å²) in [5, 5.41) is 1.55. The van der Waals surface area contributed by atoms with E-state index in [0.29, 0.717) is 27.7 Å². The first-order valence-electron chi connectivity index (χ1n) is 6.99. The van der Waals surface area contributed by atoms with Crippen LogP contribution in [0.25, 0.3) is 22.1 Å². The van der Waals surface area contributed by atoms with Gasteiger partial charge in [0.05, 0.1) is 5.75 Å². The minimum atomic E-state index is -0.252. The molecule has 0 atom stereocenters. The minimum Gasteiger partial charge on any atom is -0.449 e. The van der Waals surface area contributed by atoms with Crippen molar-refractivity contribution in [2.24, 2.45) is 0 Å². The van der Waals surface area contributed by atoms with Gasteiger partial charge in [-0.05, 0) is 36.4 Å². The molecule has 0 aliphatic heterocycles. The van der Waals surface area contributed by atoms with Crippen molar-refractivity contribution in [1.82, 2.24) is 9.97 Å². The van der Waals surface area contributed by atoms with Crippen molar-refractivity contribution in [2.45, 2.75) is 10.6 Å². The first kappa shape index (κ1) is 14.4. The second kappa shape index (κ2) is 5.76. The molecule has 23 heavy (non-hydrogen) atoms. The van der Waals surface area contributed by atoms with Crippen LogP contribution in [0.5, 0.6) is 0 Å². The minimum absolute atomic E-state index is 0.252. The summed E-state index contributed by atoms with van der Waals surface area (Å²) in [7, 11) is 0. The summed E-state index contributed by atoms with van der Waals surface area (Å²) in [5.41, 5.74) is 1.29. The Hall–Kier alpha value is -2.24. The molecule has 114 valence electrons. The second-order valence-corrected chi connectivity index (χ2v) is 6.52. The van der Waals surface area contributed by atoms with Gasteiger partial charge in [-0.15, -0.1) is 11.8 Å². The lowest BCUT2D eigenvalue weighted by Gasteiger charge is -2.02. The number of rotatable bonds is 3. The third kappa shape index (κ3) is 2.73. The highest BCUT2D eigenvalue weighted by molar-refractivity contribution is 7.98. The van der Waals surface area contributed by atoms with Gasteiger partial charge < -0.3 is 9.40 Å². The number of fused-ring (bicyclic) bond motifs is 3. The van der Waals surface area contributed by atoms with E-state index in [4.69, 9.17) is 16.0 Å². The van der Waals surface area contributed by atoms with E-state index in [9.17, 15) is 4.79 Å². The molecular formula is C17H11ClN2O2S. The number of hydrogen-bond donors (Lipinski definition) is 1. The zero-order chi connectivity index (χ0) is 15.8. The molecule has 2 aromatic heterocycles. The lowest BCUT2D eigenvalue weighted by atomic mass is 10.2. The van der Waals surface area contributed by atoms with Crippen molar-refractivity contribution in [3.05, 3.63) is 69.7 Å². The van der Waals surface area contributed by atoms with Crippen molar-refractivity contribution >= 4 is 45.4 Å². The normalized spacial score (nSPS) is 11.3. The fourth-order valence-corrected chi connectivity index (χ4v) is 3.29. The first-order valence-corrected chi connectivity index (χ1v) is 8.36. The molecule has 2 heterocycles. The molecular weight excluding hydrogens is 332 g/mol. The zero-order valence-corrected chi connectivity index (χ0v) is 13.4. The molecule has 0 radical (unpaired) electrons. The van der Waals surface area contributed by atoms with E-state index in [1.54, 1.807) is 11.8 Å². The summed E-state index contributed by atoms with van der Waals surface area (Å²) in [6.45, 7) is 0. The molecule has 0 fully saturated rings. The number of aromatic nitrogens is 2. The number of aromatic amines is 1. The van der Waals surface area contributed by atoms with Gasteiger partial charge in [-0.2, -0.15) is 0 Å². The Bertz CT molecular complexity index is 1050. The van der Waals surface area contributed by atoms with Crippen molar-refractivity contribution in [3.63, 3.8) is 0 Å². The van der Waals surface area contributed by atoms with Gasteiger partial charge in [0.2, 0.25) is 5.58 Å². The molecule has 2 aromatic carbocycles. The first-order chi connectivity index (χ1) is 11.2. The SMILES string of the molecule is O=c1[nH]c(CSc2ccc(Cl)cc2)nc2c1oc1ccccc12. The largest absolute Gasteiger partial charge is 0.449 e. The van der Waals surface area contributed by atoms with Gasteiger partial charge in [0.15, 0.2) is 0 Å². The zero-order valence-electron chi connectivity index (χ0n) is 11.9. The third-order valence-corrected chi connectivity index (χ3v) is 4.74. The average molecular weight is 343 g/mol. The molecule has 4 aromatic rings. The van der Waals surface area contributed by atoms with Crippen LogP contribution in [-0.4, -0.2) is 9.97 Å². The van der Waals surface area contributed by atoms with E-state index in [1.165, 1.54) is 0 Å². The number of nitrogens with one attached hydrogen (secondary N) is 1. The van der Waals surface area contributed by atoms with Crippen LogP contribution in [0.1, 0.15) is 5.82 Å². The number of nitrogens with zero attached hydrogens (tertiary/aromatic N) is 1. The molecule has 0 amide bonds. The highest BCUT2D eigenvalue weighted by atomic mass is 35.5. The van der Waals surface area contributed by atoms with Crippen LogP contribution in [0.2, 0.25) is 5.02 Å². The Kier molecular flexibility index (Phi) is 3.59. The molecule has 0 bridgehead atoms. The van der Waals surface area contributed by atoms with Crippen LogP contribution in [0, 0.1) is 0 Å².